The molecule has 0 aliphatic carbocycles. The van der Waals surface area contributed by atoms with Gasteiger partial charge >= 0.3 is 0 Å². The van der Waals surface area contributed by atoms with Crippen LogP contribution in [-0.4, -0.2) is 23.8 Å². The zero-order valence-electron chi connectivity index (χ0n) is 11.2. The van der Waals surface area contributed by atoms with E-state index in [4.69, 9.17) is 21.7 Å². The van der Waals surface area contributed by atoms with Crippen LogP contribution in [0.4, 0.5) is 0 Å². The second-order valence-corrected chi connectivity index (χ2v) is 4.71. The first kappa shape index (κ1) is 12.7. The zero-order chi connectivity index (χ0) is 14.1. The van der Waals surface area contributed by atoms with Crippen LogP contribution in [0.15, 0.2) is 42.5 Å². The molecule has 0 aliphatic rings. The minimum absolute atomic E-state index is 0.623. The molecule has 0 aliphatic heterocycles. The number of nitrogens with zero attached hydrogens (tertiary/aromatic N) is 1. The molecule has 0 spiro atoms. The lowest BCUT2D eigenvalue weighted by Gasteiger charge is -2.07. The Morgan fingerprint density at radius 3 is 2.60 bits per heavy atom. The molecule has 0 atom stereocenters. The maximum absolute atomic E-state index is 5.43. The summed E-state index contributed by atoms with van der Waals surface area (Å²) in [5.74, 6) is 1.57. The van der Waals surface area contributed by atoms with E-state index < -0.39 is 0 Å². The summed E-state index contributed by atoms with van der Waals surface area (Å²) in [7, 11) is 3.30. The van der Waals surface area contributed by atoms with Crippen LogP contribution in [0.3, 0.4) is 0 Å². The van der Waals surface area contributed by atoms with Gasteiger partial charge in [0.25, 0.3) is 0 Å². The number of benzene rings is 2. The largest absolute Gasteiger partial charge is 0.497 e. The van der Waals surface area contributed by atoms with E-state index in [1.165, 1.54) is 0 Å². The number of para-hydroxylation sites is 1. The molecule has 0 radical (unpaired) electrons. The normalized spacial score (nSPS) is 10.7. The summed E-state index contributed by atoms with van der Waals surface area (Å²) in [6.45, 7) is 0. The van der Waals surface area contributed by atoms with Gasteiger partial charge in [-0.15, -0.1) is 0 Å². The van der Waals surface area contributed by atoms with Crippen molar-refractivity contribution in [3.63, 3.8) is 0 Å². The number of imidazole rings is 1. The average Bonchev–Trinajstić information content (AvgIpc) is 2.83. The number of methoxy groups -OCH3 is 2. The summed E-state index contributed by atoms with van der Waals surface area (Å²) in [5, 5.41) is 0. The molecule has 0 fully saturated rings. The van der Waals surface area contributed by atoms with Gasteiger partial charge in [-0.1, -0.05) is 12.1 Å². The molecule has 0 bridgehead atoms. The van der Waals surface area contributed by atoms with Crippen LogP contribution in [0, 0.1) is 4.77 Å². The first-order chi connectivity index (χ1) is 9.74. The van der Waals surface area contributed by atoms with E-state index >= 15 is 0 Å². The highest BCUT2D eigenvalue weighted by Crippen LogP contribution is 2.28. The molecule has 3 aromatic rings. The molecule has 1 heterocycles. The molecule has 0 saturated carbocycles. The first-order valence-electron chi connectivity index (χ1n) is 6.17. The molecule has 0 unspecified atom stereocenters. The van der Waals surface area contributed by atoms with Crippen molar-refractivity contribution < 1.29 is 9.47 Å². The topological polar surface area (TPSA) is 39.2 Å². The predicted octanol–water partition coefficient (Wildman–Crippen LogP) is 3.71. The van der Waals surface area contributed by atoms with Crippen molar-refractivity contribution in [2.45, 2.75) is 0 Å². The SMILES string of the molecule is COc1cccc(-n2c(=S)[nH]c3c(OC)cccc32)c1. The molecule has 1 aromatic heterocycles. The molecular weight excluding hydrogens is 272 g/mol. The third-order valence-electron chi connectivity index (χ3n) is 3.21. The van der Waals surface area contributed by atoms with E-state index in [0.29, 0.717) is 4.77 Å². The molecule has 20 heavy (non-hydrogen) atoms. The minimum atomic E-state index is 0.623. The van der Waals surface area contributed by atoms with Crippen LogP contribution in [-0.2, 0) is 0 Å². The summed E-state index contributed by atoms with van der Waals surface area (Å²) in [4.78, 5) is 3.19. The van der Waals surface area contributed by atoms with Crippen molar-refractivity contribution in [1.82, 2.24) is 9.55 Å². The number of hydrogen-bond acceptors (Lipinski definition) is 3. The van der Waals surface area contributed by atoms with Gasteiger partial charge in [-0.3, -0.25) is 4.57 Å². The number of nitrogens with one attached hydrogen (secondary N) is 1. The third kappa shape index (κ3) is 1.96. The standard InChI is InChI=1S/C15H14N2O2S/c1-18-11-6-3-5-10(9-11)17-12-7-4-8-13(19-2)14(12)16-15(17)20/h3-9H,1-2H3,(H,16,20). The van der Waals surface area contributed by atoms with Crippen molar-refractivity contribution in [3.05, 3.63) is 47.2 Å². The van der Waals surface area contributed by atoms with E-state index in [9.17, 15) is 0 Å². The average molecular weight is 286 g/mol. The molecule has 0 amide bonds. The maximum Gasteiger partial charge on any atom is 0.182 e. The van der Waals surface area contributed by atoms with Crippen molar-refractivity contribution >= 4 is 23.3 Å². The quantitative estimate of drug-likeness (QED) is 0.746. The highest BCUT2D eigenvalue weighted by atomic mass is 32.1. The number of rotatable bonds is 3. The van der Waals surface area contributed by atoms with Crippen LogP contribution in [0.5, 0.6) is 11.5 Å². The lowest BCUT2D eigenvalue weighted by molar-refractivity contribution is 0.414. The first-order valence-corrected chi connectivity index (χ1v) is 6.57. The number of H-pyrrole nitrogens is 1. The number of hydrogen-bond donors (Lipinski definition) is 1. The van der Waals surface area contributed by atoms with E-state index in [1.807, 2.05) is 47.0 Å². The molecule has 2 aromatic carbocycles. The Balaban J connectivity index is 2.31. The fraction of sp³-hybridized carbons (Fsp3) is 0.133. The Bertz CT molecular complexity index is 820. The van der Waals surface area contributed by atoms with Gasteiger partial charge in [0, 0.05) is 6.07 Å². The lowest BCUT2D eigenvalue weighted by Crippen LogP contribution is -1.94. The Morgan fingerprint density at radius 2 is 1.85 bits per heavy atom. The second-order valence-electron chi connectivity index (χ2n) is 4.32. The summed E-state index contributed by atoms with van der Waals surface area (Å²) in [5.41, 5.74) is 2.82. The smallest absolute Gasteiger partial charge is 0.182 e. The summed E-state index contributed by atoms with van der Waals surface area (Å²) in [6, 6.07) is 13.6. The van der Waals surface area contributed by atoms with Crippen LogP contribution < -0.4 is 9.47 Å². The number of aromatic nitrogens is 2. The molecule has 0 saturated heterocycles. The summed E-state index contributed by atoms with van der Waals surface area (Å²) in [6.07, 6.45) is 0. The molecular formula is C15H14N2O2S. The zero-order valence-corrected chi connectivity index (χ0v) is 12.0. The summed E-state index contributed by atoms with van der Waals surface area (Å²) >= 11 is 5.43. The number of ether oxygens (including phenoxy) is 2. The number of aromatic amines is 1. The molecule has 3 rings (SSSR count). The lowest BCUT2D eigenvalue weighted by atomic mass is 10.2. The maximum atomic E-state index is 5.43. The highest BCUT2D eigenvalue weighted by Gasteiger charge is 2.10. The number of fused-ring (bicyclic) bond motifs is 1. The van der Waals surface area contributed by atoms with Crippen LogP contribution in [0.1, 0.15) is 0 Å². The fourth-order valence-corrected chi connectivity index (χ4v) is 2.59. The van der Waals surface area contributed by atoms with Crippen molar-refractivity contribution in [2.24, 2.45) is 0 Å². The molecule has 1 N–H and O–H groups in total. The van der Waals surface area contributed by atoms with Crippen LogP contribution in [0.25, 0.3) is 16.7 Å². The molecule has 4 nitrogen and oxygen atoms in total. The van der Waals surface area contributed by atoms with Crippen molar-refractivity contribution in [1.29, 1.82) is 0 Å². The summed E-state index contributed by atoms with van der Waals surface area (Å²) < 4.78 is 13.2. The van der Waals surface area contributed by atoms with Crippen LogP contribution >= 0.6 is 12.2 Å². The van der Waals surface area contributed by atoms with Gasteiger partial charge in [0.05, 0.1) is 25.4 Å². The van der Waals surface area contributed by atoms with E-state index in [2.05, 4.69) is 4.98 Å². The van der Waals surface area contributed by atoms with E-state index in [-0.39, 0.29) is 0 Å². The fourth-order valence-electron chi connectivity index (χ4n) is 2.28. The van der Waals surface area contributed by atoms with E-state index in [1.54, 1.807) is 14.2 Å². The van der Waals surface area contributed by atoms with E-state index in [0.717, 1.165) is 28.2 Å². The van der Waals surface area contributed by atoms with Crippen molar-refractivity contribution in [2.75, 3.05) is 14.2 Å². The Labute approximate surface area is 121 Å². The Hall–Kier alpha value is -2.27. The van der Waals surface area contributed by atoms with Gasteiger partial charge in [0.1, 0.15) is 17.0 Å². The van der Waals surface area contributed by atoms with Crippen LogP contribution in [0.2, 0.25) is 0 Å². The second kappa shape index (κ2) is 5.02. The minimum Gasteiger partial charge on any atom is -0.497 e. The van der Waals surface area contributed by atoms with Crippen molar-refractivity contribution in [3.8, 4) is 17.2 Å². The Morgan fingerprint density at radius 1 is 1.05 bits per heavy atom. The van der Waals surface area contributed by atoms with Gasteiger partial charge in [0.2, 0.25) is 0 Å². The van der Waals surface area contributed by atoms with Gasteiger partial charge in [-0.2, -0.15) is 0 Å². The van der Waals surface area contributed by atoms with Gasteiger partial charge < -0.3 is 14.5 Å². The van der Waals surface area contributed by atoms with Gasteiger partial charge in [-0.05, 0) is 36.5 Å². The third-order valence-corrected chi connectivity index (χ3v) is 3.50. The molecule has 102 valence electrons. The van der Waals surface area contributed by atoms with Gasteiger partial charge in [-0.25, -0.2) is 0 Å². The monoisotopic (exact) mass is 286 g/mol. The predicted molar refractivity (Wildman–Crippen MR) is 81.6 cm³/mol. The Kier molecular flexibility index (Phi) is 3.20. The van der Waals surface area contributed by atoms with Gasteiger partial charge in [0.15, 0.2) is 4.77 Å². The molecule has 5 heteroatoms. The highest BCUT2D eigenvalue weighted by molar-refractivity contribution is 7.71.